The van der Waals surface area contributed by atoms with Crippen molar-refractivity contribution in [3.05, 3.63) is 109 Å². The molecule has 3 aromatic rings. The molecule has 10 nitrogen and oxygen atoms in total. The van der Waals surface area contributed by atoms with Crippen molar-refractivity contribution in [2.75, 3.05) is 6.54 Å². The van der Waals surface area contributed by atoms with Gasteiger partial charge in [-0.3, -0.25) is 24.0 Å². The van der Waals surface area contributed by atoms with Crippen LogP contribution in [0.2, 0.25) is 5.04 Å². The Kier molecular flexibility index (Phi) is 14.5. The topological polar surface area (TPSA) is 134 Å². The van der Waals surface area contributed by atoms with E-state index in [4.69, 9.17) is 4.43 Å². The Labute approximate surface area is 339 Å². The van der Waals surface area contributed by atoms with Crippen LogP contribution in [0.25, 0.3) is 0 Å². The molecule has 0 bridgehead atoms. The van der Waals surface area contributed by atoms with Crippen LogP contribution < -0.4 is 26.3 Å². The van der Waals surface area contributed by atoms with E-state index >= 15 is 0 Å². The molecule has 0 aliphatic carbocycles. The van der Waals surface area contributed by atoms with Gasteiger partial charge in [0.15, 0.2) is 5.78 Å². The van der Waals surface area contributed by atoms with Crippen LogP contribution in [0.1, 0.15) is 92.1 Å². The molecule has 2 aliphatic heterocycles. The third-order valence-corrected chi connectivity index (χ3v) is 16.6. The summed E-state index contributed by atoms with van der Waals surface area (Å²) in [6.07, 6.45) is 6.34. The molecule has 57 heavy (non-hydrogen) atoms. The van der Waals surface area contributed by atoms with Crippen molar-refractivity contribution >= 4 is 48.1 Å². The largest absolute Gasteiger partial charge is 0.397 e. The van der Waals surface area contributed by atoms with Gasteiger partial charge in [-0.05, 0) is 85.8 Å². The summed E-state index contributed by atoms with van der Waals surface area (Å²) < 4.78 is 6.98. The predicted octanol–water partition coefficient (Wildman–Crippen LogP) is 5.14. The highest BCUT2D eigenvalue weighted by Crippen LogP contribution is 2.37. The quantitative estimate of drug-likeness (QED) is 0.125. The monoisotopic (exact) mass is 792 g/mol. The molecule has 11 heteroatoms. The smallest absolute Gasteiger partial charge is 0.262 e. The number of benzene rings is 3. The zero-order valence-corrected chi connectivity index (χ0v) is 35.4. The summed E-state index contributed by atoms with van der Waals surface area (Å²) in [5, 5.41) is 10.7. The number of hydrogen-bond acceptors (Lipinski definition) is 6. The van der Waals surface area contributed by atoms with Crippen LogP contribution >= 0.6 is 0 Å². The van der Waals surface area contributed by atoms with Crippen LogP contribution in [0.3, 0.4) is 0 Å². The van der Waals surface area contributed by atoms with Gasteiger partial charge in [0.25, 0.3) is 8.32 Å². The van der Waals surface area contributed by atoms with Crippen molar-refractivity contribution in [2.24, 2.45) is 0 Å². The van der Waals surface area contributed by atoms with Crippen molar-refractivity contribution in [3.63, 3.8) is 0 Å². The minimum Gasteiger partial charge on any atom is -0.397 e. The standard InChI is InChI=1S/C46H60N4O6Si/c1-7-46(6)44(55)48-38(32-34-22-12-8-13-23-34)43(54)50-31-21-20-29-39(50)42(53)47-37(41(52)49-46)28-18-11-19-30-40(51)33(2)56-57(45(3,4)5,35-24-14-9-15-25-35)36-26-16-10-17-27-36/h8-10,12-17,19,22-27,30,33,37-39H,7,11,18,20-21,28-29,31-32H2,1-6H3,(H,47,53)(H,48,55)(H,49,52)/b30-19+/t33-,37-,38-,39+,46-/m0/s1. The lowest BCUT2D eigenvalue weighted by Gasteiger charge is -2.44. The van der Waals surface area contributed by atoms with E-state index in [9.17, 15) is 24.0 Å². The zero-order chi connectivity index (χ0) is 41.2. The highest BCUT2D eigenvalue weighted by Gasteiger charge is 2.51. The van der Waals surface area contributed by atoms with E-state index in [0.29, 0.717) is 25.8 Å². The van der Waals surface area contributed by atoms with Crippen molar-refractivity contribution in [1.29, 1.82) is 0 Å². The van der Waals surface area contributed by atoms with E-state index in [-0.39, 0.29) is 41.9 Å². The maximum absolute atomic E-state index is 14.2. The Bertz CT molecular complexity index is 1840. The fourth-order valence-corrected chi connectivity index (χ4v) is 12.7. The average Bonchev–Trinajstić information content (AvgIpc) is 3.21. The van der Waals surface area contributed by atoms with Crippen LogP contribution in [0.5, 0.6) is 0 Å². The molecule has 2 aliphatic rings. The number of hydrogen-bond donors (Lipinski definition) is 3. The lowest BCUT2D eigenvalue weighted by atomic mass is 9.93. The second-order valence-electron chi connectivity index (χ2n) is 16.7. The summed E-state index contributed by atoms with van der Waals surface area (Å²) in [5.41, 5.74) is -0.455. The minimum atomic E-state index is -2.94. The molecule has 4 amide bonds. The Morgan fingerprint density at radius 1 is 0.877 bits per heavy atom. The summed E-state index contributed by atoms with van der Waals surface area (Å²) >= 11 is 0. The number of fused-ring (bicyclic) bond motifs is 1. The zero-order valence-electron chi connectivity index (χ0n) is 34.4. The molecule has 0 unspecified atom stereocenters. The first-order valence-corrected chi connectivity index (χ1v) is 22.4. The highest BCUT2D eigenvalue weighted by atomic mass is 28.4. The number of nitrogens with one attached hydrogen (secondary N) is 3. The second kappa shape index (κ2) is 19.0. The first-order chi connectivity index (χ1) is 27.2. The molecule has 0 saturated carbocycles. The van der Waals surface area contributed by atoms with Crippen LogP contribution in [0.4, 0.5) is 0 Å². The molecular formula is C46H60N4O6Si. The molecule has 304 valence electrons. The van der Waals surface area contributed by atoms with Gasteiger partial charge in [-0.15, -0.1) is 0 Å². The van der Waals surface area contributed by atoms with E-state index in [0.717, 1.165) is 28.8 Å². The number of unbranched alkanes of at least 4 members (excludes halogenated alkanes) is 1. The Balaban J connectivity index is 1.30. The van der Waals surface area contributed by atoms with E-state index < -0.39 is 49.9 Å². The number of carbonyl (C=O) groups is 5. The summed E-state index contributed by atoms with van der Waals surface area (Å²) in [7, 11) is -2.94. The van der Waals surface area contributed by atoms with Crippen molar-refractivity contribution in [2.45, 2.75) is 128 Å². The molecular weight excluding hydrogens is 733 g/mol. The van der Waals surface area contributed by atoms with Gasteiger partial charge in [0, 0.05) is 13.0 Å². The van der Waals surface area contributed by atoms with Gasteiger partial charge in [-0.1, -0.05) is 125 Å². The summed E-state index contributed by atoms with van der Waals surface area (Å²) in [4.78, 5) is 71.1. The SMILES string of the molecule is CC[C@]1(C)NC(=O)[C@H](CCC/C=C/C(=O)[C@H](C)O[Si](c2ccccc2)(c2ccccc2)C(C)(C)C)NC(=O)[C@H]2CCCCN2C(=O)[C@H](Cc2ccccc2)NC1=O. The summed E-state index contributed by atoms with van der Waals surface area (Å²) in [6.45, 7) is 12.2. The van der Waals surface area contributed by atoms with Crippen molar-refractivity contribution in [3.8, 4) is 0 Å². The molecule has 0 radical (unpaired) electrons. The number of carbonyl (C=O) groups excluding carboxylic acids is 5. The average molecular weight is 793 g/mol. The van der Waals surface area contributed by atoms with E-state index in [1.807, 2.05) is 66.7 Å². The maximum Gasteiger partial charge on any atom is 0.262 e. The van der Waals surface area contributed by atoms with Gasteiger partial charge < -0.3 is 25.3 Å². The van der Waals surface area contributed by atoms with Crippen LogP contribution in [-0.4, -0.2) is 78.9 Å². The number of nitrogens with zero attached hydrogens (tertiary/aromatic N) is 1. The molecule has 3 aromatic carbocycles. The highest BCUT2D eigenvalue weighted by molar-refractivity contribution is 6.99. The first-order valence-electron chi connectivity index (χ1n) is 20.5. The third-order valence-electron chi connectivity index (χ3n) is 11.5. The van der Waals surface area contributed by atoms with Gasteiger partial charge in [-0.25, -0.2) is 0 Å². The second-order valence-corrected chi connectivity index (χ2v) is 20.9. The number of rotatable bonds is 13. The number of amides is 4. The van der Waals surface area contributed by atoms with Crippen molar-refractivity contribution < 1.29 is 28.4 Å². The van der Waals surface area contributed by atoms with Crippen LogP contribution in [0.15, 0.2) is 103 Å². The molecule has 0 spiro atoms. The molecule has 3 N–H and O–H groups in total. The molecule has 0 aromatic heterocycles. The number of piperidine rings is 1. The predicted molar refractivity (Wildman–Crippen MR) is 226 cm³/mol. The minimum absolute atomic E-state index is 0.155. The van der Waals surface area contributed by atoms with Gasteiger partial charge >= 0.3 is 0 Å². The fourth-order valence-electron chi connectivity index (χ4n) is 8.03. The van der Waals surface area contributed by atoms with Crippen molar-refractivity contribution in [1.82, 2.24) is 20.9 Å². The van der Waals surface area contributed by atoms with Gasteiger partial charge in [0.2, 0.25) is 23.6 Å². The maximum atomic E-state index is 14.2. The third kappa shape index (κ3) is 10.2. The van der Waals surface area contributed by atoms with E-state index in [1.165, 1.54) is 0 Å². The number of allylic oxidation sites excluding steroid dienone is 1. The first kappa shape index (κ1) is 43.3. The Hall–Kier alpha value is -4.87. The summed E-state index contributed by atoms with van der Waals surface area (Å²) in [5.74, 6) is -1.77. The molecule has 2 fully saturated rings. The lowest BCUT2D eigenvalue weighted by molar-refractivity contribution is -0.147. The van der Waals surface area contributed by atoms with Gasteiger partial charge in [0.05, 0.1) is 0 Å². The van der Waals surface area contributed by atoms with Crippen LogP contribution in [0, 0.1) is 0 Å². The number of ketones is 1. The normalized spacial score (nSPS) is 23.1. The Morgan fingerprint density at radius 3 is 2.05 bits per heavy atom. The molecule has 5 atom stereocenters. The summed E-state index contributed by atoms with van der Waals surface area (Å²) in [6, 6.07) is 27.2. The molecule has 5 rings (SSSR count). The van der Waals surface area contributed by atoms with Crippen LogP contribution in [-0.2, 0) is 34.8 Å². The molecule has 2 heterocycles. The lowest BCUT2D eigenvalue weighted by Crippen LogP contribution is -2.68. The Morgan fingerprint density at radius 2 is 1.47 bits per heavy atom. The molecule has 2 saturated heterocycles. The fraction of sp³-hybridized carbons (Fsp3) is 0.457. The van der Waals surface area contributed by atoms with Gasteiger partial charge in [-0.2, -0.15) is 0 Å². The van der Waals surface area contributed by atoms with E-state index in [2.05, 4.69) is 61.0 Å². The van der Waals surface area contributed by atoms with Gasteiger partial charge in [0.1, 0.15) is 29.8 Å². The van der Waals surface area contributed by atoms with E-state index in [1.54, 1.807) is 37.8 Å².